The van der Waals surface area contributed by atoms with E-state index in [-0.39, 0.29) is 6.04 Å². The van der Waals surface area contributed by atoms with Crippen LogP contribution >= 0.6 is 15.9 Å². The van der Waals surface area contributed by atoms with Gasteiger partial charge in [0.25, 0.3) is 0 Å². The van der Waals surface area contributed by atoms with Gasteiger partial charge in [0.2, 0.25) is 0 Å². The van der Waals surface area contributed by atoms with Crippen LogP contribution in [0.5, 0.6) is 0 Å². The summed E-state index contributed by atoms with van der Waals surface area (Å²) < 4.78 is 1.19. The number of halogens is 1. The number of anilines is 1. The van der Waals surface area contributed by atoms with Crippen LogP contribution in [0.2, 0.25) is 0 Å². The van der Waals surface area contributed by atoms with E-state index in [1.807, 2.05) is 0 Å². The fraction of sp³-hybridized carbons (Fsp3) is 0.600. The van der Waals surface area contributed by atoms with Gasteiger partial charge in [0, 0.05) is 36.7 Å². The number of nitrogens with two attached hydrogens (primary N) is 1. The van der Waals surface area contributed by atoms with Crippen molar-refractivity contribution in [3.05, 3.63) is 28.2 Å². The molecule has 0 saturated carbocycles. The summed E-state index contributed by atoms with van der Waals surface area (Å²) in [5, 5.41) is 0. The van der Waals surface area contributed by atoms with Gasteiger partial charge in [0.05, 0.1) is 5.69 Å². The molecule has 1 unspecified atom stereocenters. The third kappa shape index (κ3) is 3.94. The molecule has 1 saturated heterocycles. The summed E-state index contributed by atoms with van der Waals surface area (Å²) >= 11 is 3.71. The molecule has 0 aliphatic carbocycles. The standard InChI is InChI=1S/C15H24BrN3/c1-3-13(17)10-12-4-5-15(14(16)11-12)19-8-6-18(2)7-9-19/h4-5,11,13H,3,6-10,17H2,1-2H3. The van der Waals surface area contributed by atoms with Crippen molar-refractivity contribution in [3.63, 3.8) is 0 Å². The summed E-state index contributed by atoms with van der Waals surface area (Å²) in [6, 6.07) is 6.94. The molecule has 106 valence electrons. The molecule has 0 amide bonds. The zero-order valence-corrected chi connectivity index (χ0v) is 13.5. The molecule has 1 aliphatic heterocycles. The van der Waals surface area contributed by atoms with Gasteiger partial charge in [-0.2, -0.15) is 0 Å². The van der Waals surface area contributed by atoms with Crippen molar-refractivity contribution in [2.45, 2.75) is 25.8 Å². The molecule has 0 spiro atoms. The number of hydrogen-bond acceptors (Lipinski definition) is 3. The number of nitrogens with zero attached hydrogens (tertiary/aromatic N) is 2. The zero-order valence-electron chi connectivity index (χ0n) is 11.9. The maximum Gasteiger partial charge on any atom is 0.0511 e. The number of rotatable bonds is 4. The van der Waals surface area contributed by atoms with E-state index in [1.54, 1.807) is 0 Å². The van der Waals surface area contributed by atoms with Crippen molar-refractivity contribution in [1.82, 2.24) is 4.90 Å². The van der Waals surface area contributed by atoms with Crippen molar-refractivity contribution < 1.29 is 0 Å². The quantitative estimate of drug-likeness (QED) is 0.923. The lowest BCUT2D eigenvalue weighted by Crippen LogP contribution is -2.44. The maximum absolute atomic E-state index is 6.02. The van der Waals surface area contributed by atoms with Gasteiger partial charge in [0.1, 0.15) is 0 Å². The van der Waals surface area contributed by atoms with Gasteiger partial charge < -0.3 is 15.5 Å². The fourth-order valence-electron chi connectivity index (χ4n) is 2.43. The highest BCUT2D eigenvalue weighted by Gasteiger charge is 2.16. The molecular formula is C15H24BrN3. The topological polar surface area (TPSA) is 32.5 Å². The Balaban J connectivity index is 2.06. The zero-order chi connectivity index (χ0) is 13.8. The van der Waals surface area contributed by atoms with Crippen LogP contribution in [0.3, 0.4) is 0 Å². The van der Waals surface area contributed by atoms with Gasteiger partial charge in [0.15, 0.2) is 0 Å². The summed E-state index contributed by atoms with van der Waals surface area (Å²) in [5.74, 6) is 0. The first-order chi connectivity index (χ1) is 9.10. The molecule has 1 aromatic rings. The molecule has 1 fully saturated rings. The van der Waals surface area contributed by atoms with Gasteiger partial charge >= 0.3 is 0 Å². The number of hydrogen-bond donors (Lipinski definition) is 1. The van der Waals surface area contributed by atoms with Crippen LogP contribution < -0.4 is 10.6 Å². The van der Waals surface area contributed by atoms with E-state index in [9.17, 15) is 0 Å². The molecule has 0 radical (unpaired) electrons. The van der Waals surface area contributed by atoms with Crippen LogP contribution in [0.4, 0.5) is 5.69 Å². The number of benzene rings is 1. The lowest BCUT2D eigenvalue weighted by Gasteiger charge is -2.34. The lowest BCUT2D eigenvalue weighted by molar-refractivity contribution is 0.312. The van der Waals surface area contributed by atoms with E-state index < -0.39 is 0 Å². The van der Waals surface area contributed by atoms with Crippen LogP contribution in [0.1, 0.15) is 18.9 Å². The highest BCUT2D eigenvalue weighted by atomic mass is 79.9. The largest absolute Gasteiger partial charge is 0.368 e. The molecule has 1 aliphatic rings. The highest BCUT2D eigenvalue weighted by molar-refractivity contribution is 9.10. The van der Waals surface area contributed by atoms with Gasteiger partial charge in [-0.25, -0.2) is 0 Å². The Hall–Kier alpha value is -0.580. The van der Waals surface area contributed by atoms with Gasteiger partial charge in [-0.15, -0.1) is 0 Å². The Kier molecular flexibility index (Phi) is 5.25. The smallest absolute Gasteiger partial charge is 0.0511 e. The van der Waals surface area contributed by atoms with Crippen LogP contribution in [0, 0.1) is 0 Å². The van der Waals surface area contributed by atoms with Crippen molar-refractivity contribution in [2.75, 3.05) is 38.1 Å². The second-order valence-electron chi connectivity index (χ2n) is 5.45. The van der Waals surface area contributed by atoms with Gasteiger partial charge in [-0.3, -0.25) is 0 Å². The number of likely N-dealkylation sites (N-methyl/N-ethyl adjacent to an activating group) is 1. The third-order valence-corrected chi connectivity index (χ3v) is 4.51. The van der Waals surface area contributed by atoms with Crippen LogP contribution in [-0.2, 0) is 6.42 Å². The normalized spacial score (nSPS) is 18.6. The van der Waals surface area contributed by atoms with E-state index in [0.717, 1.165) is 39.0 Å². The Bertz CT molecular complexity index is 414. The van der Waals surface area contributed by atoms with Crippen molar-refractivity contribution in [1.29, 1.82) is 0 Å². The molecule has 0 bridgehead atoms. The Morgan fingerprint density at radius 1 is 1.26 bits per heavy atom. The molecule has 2 N–H and O–H groups in total. The van der Waals surface area contributed by atoms with E-state index in [2.05, 4.69) is 57.9 Å². The Labute approximate surface area is 124 Å². The molecule has 1 aromatic carbocycles. The summed E-state index contributed by atoms with van der Waals surface area (Å²) in [6.07, 6.45) is 1.98. The minimum Gasteiger partial charge on any atom is -0.368 e. The van der Waals surface area contributed by atoms with E-state index in [0.29, 0.717) is 0 Å². The Morgan fingerprint density at radius 2 is 1.95 bits per heavy atom. The summed E-state index contributed by atoms with van der Waals surface area (Å²) in [6.45, 7) is 6.61. The van der Waals surface area contributed by atoms with Crippen molar-refractivity contribution in [2.24, 2.45) is 5.73 Å². The minimum atomic E-state index is 0.265. The third-order valence-electron chi connectivity index (χ3n) is 3.88. The van der Waals surface area contributed by atoms with Crippen LogP contribution in [-0.4, -0.2) is 44.2 Å². The molecule has 4 heteroatoms. The predicted molar refractivity (Wildman–Crippen MR) is 85.8 cm³/mol. The highest BCUT2D eigenvalue weighted by Crippen LogP contribution is 2.28. The second kappa shape index (κ2) is 6.73. The summed E-state index contributed by atoms with van der Waals surface area (Å²) in [7, 11) is 2.18. The molecule has 1 heterocycles. The summed E-state index contributed by atoms with van der Waals surface area (Å²) in [5.41, 5.74) is 8.65. The first-order valence-corrected chi connectivity index (χ1v) is 7.87. The molecular weight excluding hydrogens is 302 g/mol. The van der Waals surface area contributed by atoms with E-state index in [4.69, 9.17) is 5.73 Å². The van der Waals surface area contributed by atoms with Gasteiger partial charge in [-0.05, 0) is 53.5 Å². The molecule has 1 atom stereocenters. The lowest BCUT2D eigenvalue weighted by atomic mass is 10.0. The van der Waals surface area contributed by atoms with E-state index >= 15 is 0 Å². The van der Waals surface area contributed by atoms with Crippen molar-refractivity contribution >= 4 is 21.6 Å². The fourth-order valence-corrected chi connectivity index (χ4v) is 3.11. The summed E-state index contributed by atoms with van der Waals surface area (Å²) in [4.78, 5) is 4.83. The van der Waals surface area contributed by atoms with Gasteiger partial charge in [-0.1, -0.05) is 13.0 Å². The average molecular weight is 326 g/mol. The second-order valence-corrected chi connectivity index (χ2v) is 6.30. The predicted octanol–water partition coefficient (Wildman–Crippen LogP) is 2.48. The average Bonchev–Trinajstić information content (AvgIpc) is 2.40. The number of piperazine rings is 1. The Morgan fingerprint density at radius 3 is 2.53 bits per heavy atom. The first-order valence-electron chi connectivity index (χ1n) is 7.07. The SMILES string of the molecule is CCC(N)Cc1ccc(N2CCN(C)CC2)c(Br)c1. The van der Waals surface area contributed by atoms with E-state index in [1.165, 1.54) is 15.7 Å². The minimum absolute atomic E-state index is 0.265. The van der Waals surface area contributed by atoms with Crippen LogP contribution in [0.15, 0.2) is 22.7 Å². The van der Waals surface area contributed by atoms with Crippen LogP contribution in [0.25, 0.3) is 0 Å². The maximum atomic E-state index is 6.02. The molecule has 2 rings (SSSR count). The molecule has 3 nitrogen and oxygen atoms in total. The van der Waals surface area contributed by atoms with Crippen molar-refractivity contribution in [3.8, 4) is 0 Å². The molecule has 0 aromatic heterocycles. The monoisotopic (exact) mass is 325 g/mol. The first kappa shape index (κ1) is 14.8. The molecule has 19 heavy (non-hydrogen) atoms.